The van der Waals surface area contributed by atoms with Gasteiger partial charge >= 0.3 is 0 Å². The Kier molecular flexibility index (Phi) is 5.45. The van der Waals surface area contributed by atoms with Crippen LogP contribution in [0.15, 0.2) is 0 Å². The molecule has 0 spiro atoms. The number of likely N-dealkylation sites (N-methyl/N-ethyl adjacent to an activating group) is 1. The Balaban J connectivity index is 1.96. The zero-order chi connectivity index (χ0) is 10.4. The lowest BCUT2D eigenvalue weighted by Crippen LogP contribution is -2.33. The molecule has 3 nitrogen and oxygen atoms in total. The van der Waals surface area contributed by atoms with Crippen molar-refractivity contribution in [3.63, 3.8) is 0 Å². The number of ether oxygens (including phenoxy) is 1. The first-order chi connectivity index (χ1) is 6.68. The highest BCUT2D eigenvalue weighted by molar-refractivity contribution is 4.66. The molecule has 0 aromatic carbocycles. The Hall–Kier alpha value is -0.120. The van der Waals surface area contributed by atoms with Crippen molar-refractivity contribution in [3.8, 4) is 0 Å². The van der Waals surface area contributed by atoms with Crippen molar-refractivity contribution in [3.05, 3.63) is 0 Å². The van der Waals surface area contributed by atoms with Crippen LogP contribution in [-0.2, 0) is 4.74 Å². The molecular weight excluding hydrogens is 176 g/mol. The summed E-state index contributed by atoms with van der Waals surface area (Å²) in [5.74, 6) is 0. The number of hydrogen-bond donors (Lipinski definition) is 1. The molecule has 2 unspecified atom stereocenters. The molecule has 0 aromatic heterocycles. The summed E-state index contributed by atoms with van der Waals surface area (Å²) in [5, 5.41) is 0. The van der Waals surface area contributed by atoms with Gasteiger partial charge in [-0.25, -0.2) is 0 Å². The molecule has 1 aliphatic heterocycles. The third kappa shape index (κ3) is 4.94. The van der Waals surface area contributed by atoms with Crippen molar-refractivity contribution < 1.29 is 4.74 Å². The van der Waals surface area contributed by atoms with Gasteiger partial charge in [-0.1, -0.05) is 0 Å². The molecule has 1 heterocycles. The van der Waals surface area contributed by atoms with E-state index in [4.69, 9.17) is 10.5 Å². The molecule has 1 fully saturated rings. The summed E-state index contributed by atoms with van der Waals surface area (Å²) >= 11 is 0. The average Bonchev–Trinajstić information content (AvgIpc) is 2.55. The van der Waals surface area contributed by atoms with Crippen LogP contribution in [0, 0.1) is 0 Å². The zero-order valence-corrected chi connectivity index (χ0v) is 9.54. The van der Waals surface area contributed by atoms with Crippen molar-refractivity contribution in [2.24, 2.45) is 5.73 Å². The lowest BCUT2D eigenvalue weighted by Gasteiger charge is -2.19. The summed E-state index contributed by atoms with van der Waals surface area (Å²) in [4.78, 5) is 2.31. The molecule has 1 aliphatic rings. The number of nitrogens with zero attached hydrogens (tertiary/aromatic N) is 1. The van der Waals surface area contributed by atoms with E-state index in [1.54, 1.807) is 0 Å². The van der Waals surface area contributed by atoms with E-state index >= 15 is 0 Å². The Morgan fingerprint density at radius 2 is 2.36 bits per heavy atom. The lowest BCUT2D eigenvalue weighted by atomic mass is 10.1. The van der Waals surface area contributed by atoms with E-state index in [-0.39, 0.29) is 6.04 Å². The fraction of sp³-hybridized carbons (Fsp3) is 1.00. The average molecular weight is 200 g/mol. The fourth-order valence-corrected chi connectivity index (χ4v) is 2.04. The molecule has 1 saturated heterocycles. The standard InChI is InChI=1S/C11H24N2O/c1-10(12)9-13(2)7-3-5-11-6-4-8-14-11/h10-11H,3-9,12H2,1-2H3. The highest BCUT2D eigenvalue weighted by atomic mass is 16.5. The Bertz CT molecular complexity index is 144. The third-order valence-corrected chi connectivity index (χ3v) is 2.69. The van der Waals surface area contributed by atoms with Crippen LogP contribution in [-0.4, -0.2) is 43.8 Å². The van der Waals surface area contributed by atoms with Crippen molar-refractivity contribution in [2.75, 3.05) is 26.7 Å². The monoisotopic (exact) mass is 200 g/mol. The molecule has 0 saturated carbocycles. The van der Waals surface area contributed by atoms with E-state index < -0.39 is 0 Å². The van der Waals surface area contributed by atoms with Gasteiger partial charge in [-0.3, -0.25) is 0 Å². The van der Waals surface area contributed by atoms with Crippen molar-refractivity contribution in [2.45, 2.75) is 44.8 Å². The van der Waals surface area contributed by atoms with Crippen LogP contribution in [0.4, 0.5) is 0 Å². The second-order valence-corrected chi connectivity index (χ2v) is 4.52. The van der Waals surface area contributed by atoms with E-state index in [0.29, 0.717) is 6.10 Å². The Morgan fingerprint density at radius 3 is 2.93 bits per heavy atom. The molecule has 0 bridgehead atoms. The number of rotatable bonds is 6. The van der Waals surface area contributed by atoms with Gasteiger partial charge in [-0.15, -0.1) is 0 Å². The first-order valence-electron chi connectivity index (χ1n) is 5.74. The van der Waals surface area contributed by atoms with E-state index in [1.165, 1.54) is 25.7 Å². The van der Waals surface area contributed by atoms with Crippen LogP contribution in [0.3, 0.4) is 0 Å². The second-order valence-electron chi connectivity index (χ2n) is 4.52. The SMILES string of the molecule is CC(N)CN(C)CCCC1CCCO1. The quantitative estimate of drug-likeness (QED) is 0.701. The second kappa shape index (κ2) is 6.38. The molecule has 14 heavy (non-hydrogen) atoms. The summed E-state index contributed by atoms with van der Waals surface area (Å²) < 4.78 is 5.57. The molecule has 0 amide bonds. The summed E-state index contributed by atoms with van der Waals surface area (Å²) in [6, 6.07) is 0.280. The highest BCUT2D eigenvalue weighted by Gasteiger charge is 2.14. The normalized spacial score (nSPS) is 24.4. The van der Waals surface area contributed by atoms with E-state index in [2.05, 4.69) is 18.9 Å². The summed E-state index contributed by atoms with van der Waals surface area (Å²) in [7, 11) is 2.14. The highest BCUT2D eigenvalue weighted by Crippen LogP contribution is 2.16. The van der Waals surface area contributed by atoms with Gasteiger partial charge in [0.15, 0.2) is 0 Å². The predicted molar refractivity (Wildman–Crippen MR) is 59.4 cm³/mol. The predicted octanol–water partition coefficient (Wildman–Crippen LogP) is 1.22. The van der Waals surface area contributed by atoms with Gasteiger partial charge in [0.25, 0.3) is 0 Å². The molecule has 0 aromatic rings. The van der Waals surface area contributed by atoms with Crippen molar-refractivity contribution in [1.82, 2.24) is 4.90 Å². The summed E-state index contributed by atoms with van der Waals surface area (Å²) in [6.45, 7) is 5.16. The molecular formula is C11H24N2O. The van der Waals surface area contributed by atoms with Crippen LogP contribution >= 0.6 is 0 Å². The maximum atomic E-state index is 5.72. The molecule has 0 radical (unpaired) electrons. The molecule has 84 valence electrons. The zero-order valence-electron chi connectivity index (χ0n) is 9.54. The fourth-order valence-electron chi connectivity index (χ4n) is 2.04. The summed E-state index contributed by atoms with van der Waals surface area (Å²) in [6.07, 6.45) is 5.49. The van der Waals surface area contributed by atoms with Crippen LogP contribution < -0.4 is 5.73 Å². The number of hydrogen-bond acceptors (Lipinski definition) is 3. The summed E-state index contributed by atoms with van der Waals surface area (Å²) in [5.41, 5.74) is 5.72. The topological polar surface area (TPSA) is 38.5 Å². The minimum Gasteiger partial charge on any atom is -0.378 e. The first-order valence-corrected chi connectivity index (χ1v) is 5.74. The smallest absolute Gasteiger partial charge is 0.0576 e. The van der Waals surface area contributed by atoms with Gasteiger partial charge in [0, 0.05) is 19.2 Å². The maximum Gasteiger partial charge on any atom is 0.0576 e. The van der Waals surface area contributed by atoms with Crippen LogP contribution in [0.5, 0.6) is 0 Å². The van der Waals surface area contributed by atoms with Crippen LogP contribution in [0.2, 0.25) is 0 Å². The lowest BCUT2D eigenvalue weighted by molar-refractivity contribution is 0.0996. The van der Waals surface area contributed by atoms with Crippen LogP contribution in [0.1, 0.15) is 32.6 Å². The minimum atomic E-state index is 0.280. The molecule has 0 aliphatic carbocycles. The van der Waals surface area contributed by atoms with E-state index in [1.807, 2.05) is 0 Å². The third-order valence-electron chi connectivity index (χ3n) is 2.69. The van der Waals surface area contributed by atoms with Gasteiger partial charge in [0.05, 0.1) is 6.10 Å². The number of nitrogens with two attached hydrogens (primary N) is 1. The Morgan fingerprint density at radius 1 is 1.57 bits per heavy atom. The molecule has 2 N–H and O–H groups in total. The van der Waals surface area contributed by atoms with Crippen molar-refractivity contribution in [1.29, 1.82) is 0 Å². The maximum absolute atomic E-state index is 5.72. The van der Waals surface area contributed by atoms with Crippen molar-refractivity contribution >= 4 is 0 Å². The van der Waals surface area contributed by atoms with Gasteiger partial charge in [0.1, 0.15) is 0 Å². The van der Waals surface area contributed by atoms with E-state index in [9.17, 15) is 0 Å². The molecule has 1 rings (SSSR count). The van der Waals surface area contributed by atoms with Gasteiger partial charge < -0.3 is 15.4 Å². The van der Waals surface area contributed by atoms with Gasteiger partial charge in [-0.2, -0.15) is 0 Å². The Labute approximate surface area is 87.6 Å². The minimum absolute atomic E-state index is 0.280. The molecule has 3 heteroatoms. The van der Waals surface area contributed by atoms with Gasteiger partial charge in [-0.05, 0) is 46.2 Å². The first kappa shape index (κ1) is 12.0. The van der Waals surface area contributed by atoms with Crippen LogP contribution in [0.25, 0.3) is 0 Å². The van der Waals surface area contributed by atoms with E-state index in [0.717, 1.165) is 19.7 Å². The van der Waals surface area contributed by atoms with Gasteiger partial charge in [0.2, 0.25) is 0 Å². The largest absolute Gasteiger partial charge is 0.378 e. The molecule has 2 atom stereocenters.